The van der Waals surface area contributed by atoms with Gasteiger partial charge in [-0.2, -0.15) is 0 Å². The first-order valence-corrected chi connectivity index (χ1v) is 7.60. The Bertz CT molecular complexity index is 360. The molecule has 4 heteroatoms. The quantitative estimate of drug-likeness (QED) is 0.861. The van der Waals surface area contributed by atoms with Gasteiger partial charge in [0.15, 0.2) is 0 Å². The average molecular weight is 268 g/mol. The van der Waals surface area contributed by atoms with Crippen LogP contribution in [-0.2, 0) is 4.74 Å². The molecule has 0 amide bonds. The maximum Gasteiger partial charge on any atom is 0.0620 e. The van der Waals surface area contributed by atoms with Crippen molar-refractivity contribution in [3.05, 3.63) is 21.9 Å². The fourth-order valence-corrected chi connectivity index (χ4v) is 3.35. The maximum absolute atomic E-state index is 5.49. The van der Waals surface area contributed by atoms with Gasteiger partial charge in [0.05, 0.1) is 13.2 Å². The van der Waals surface area contributed by atoms with Gasteiger partial charge in [-0.1, -0.05) is 0 Å². The molecular formula is C14H24N2OS. The molecular weight excluding hydrogens is 244 g/mol. The molecule has 2 rings (SSSR count). The zero-order chi connectivity index (χ0) is 13.0. The summed E-state index contributed by atoms with van der Waals surface area (Å²) in [6.45, 7) is 9.34. The first kappa shape index (κ1) is 14.0. The fourth-order valence-electron chi connectivity index (χ4n) is 2.46. The molecule has 0 aromatic carbocycles. The fraction of sp³-hybridized carbons (Fsp3) is 0.714. The summed E-state index contributed by atoms with van der Waals surface area (Å²) in [5.41, 5.74) is 0. The number of hydrogen-bond acceptors (Lipinski definition) is 4. The van der Waals surface area contributed by atoms with Gasteiger partial charge in [-0.3, -0.25) is 0 Å². The van der Waals surface area contributed by atoms with Gasteiger partial charge >= 0.3 is 0 Å². The summed E-state index contributed by atoms with van der Waals surface area (Å²) in [5, 5.41) is 7.18. The molecule has 0 spiro atoms. The van der Waals surface area contributed by atoms with Crippen LogP contribution in [-0.4, -0.2) is 31.8 Å². The third kappa shape index (κ3) is 4.05. The average Bonchev–Trinajstić information content (AvgIpc) is 2.77. The molecule has 1 aromatic heterocycles. The van der Waals surface area contributed by atoms with Crippen LogP contribution in [0.25, 0.3) is 0 Å². The van der Waals surface area contributed by atoms with E-state index >= 15 is 0 Å². The molecule has 1 aliphatic rings. The largest absolute Gasteiger partial charge is 0.379 e. The molecule has 18 heavy (non-hydrogen) atoms. The van der Waals surface area contributed by atoms with Crippen molar-refractivity contribution in [3.63, 3.8) is 0 Å². The van der Waals surface area contributed by atoms with Crippen LogP contribution >= 0.6 is 11.3 Å². The van der Waals surface area contributed by atoms with E-state index in [4.69, 9.17) is 4.74 Å². The highest BCUT2D eigenvalue weighted by molar-refractivity contribution is 7.12. The van der Waals surface area contributed by atoms with Crippen LogP contribution in [0.4, 0.5) is 0 Å². The van der Waals surface area contributed by atoms with Gasteiger partial charge in [-0.15, -0.1) is 11.3 Å². The first-order valence-electron chi connectivity index (χ1n) is 6.78. The highest BCUT2D eigenvalue weighted by Crippen LogP contribution is 2.23. The third-order valence-electron chi connectivity index (χ3n) is 3.36. The molecule has 0 saturated carbocycles. The second-order valence-corrected chi connectivity index (χ2v) is 6.52. The third-order valence-corrected chi connectivity index (χ3v) is 4.54. The number of thiophene rings is 1. The van der Waals surface area contributed by atoms with Gasteiger partial charge in [0.2, 0.25) is 0 Å². The molecule has 0 bridgehead atoms. The highest BCUT2D eigenvalue weighted by atomic mass is 32.1. The van der Waals surface area contributed by atoms with Gasteiger partial charge < -0.3 is 15.4 Å². The van der Waals surface area contributed by atoms with Crippen LogP contribution in [0.2, 0.25) is 0 Å². The van der Waals surface area contributed by atoms with E-state index in [2.05, 4.69) is 43.5 Å². The Balaban J connectivity index is 1.77. The first-order chi connectivity index (χ1) is 8.65. The summed E-state index contributed by atoms with van der Waals surface area (Å²) in [6.07, 6.45) is 1.12. The molecule has 1 aromatic rings. The number of hydrogen-bond donors (Lipinski definition) is 2. The van der Waals surface area contributed by atoms with Crippen molar-refractivity contribution in [1.82, 2.24) is 10.6 Å². The predicted octanol–water partition coefficient (Wildman–Crippen LogP) is 2.47. The molecule has 1 fully saturated rings. The van der Waals surface area contributed by atoms with Crippen LogP contribution in [0.3, 0.4) is 0 Å². The van der Waals surface area contributed by atoms with Crippen LogP contribution in [0.1, 0.15) is 36.1 Å². The lowest BCUT2D eigenvalue weighted by atomic mass is 10.1. The van der Waals surface area contributed by atoms with Crippen LogP contribution in [0, 0.1) is 6.92 Å². The Labute approximate surface area is 114 Å². The van der Waals surface area contributed by atoms with E-state index in [0.29, 0.717) is 18.1 Å². The van der Waals surface area contributed by atoms with Crippen molar-refractivity contribution in [2.75, 3.05) is 19.8 Å². The van der Waals surface area contributed by atoms with Crippen molar-refractivity contribution in [1.29, 1.82) is 0 Å². The summed E-state index contributed by atoms with van der Waals surface area (Å²) < 4.78 is 5.49. The monoisotopic (exact) mass is 268 g/mol. The molecule has 1 aliphatic heterocycles. The SMILES string of the molecule is Cc1ccc(C(C)NC(C)CC2COCCN2)s1. The van der Waals surface area contributed by atoms with Crippen molar-refractivity contribution in [3.8, 4) is 0 Å². The van der Waals surface area contributed by atoms with E-state index in [-0.39, 0.29) is 0 Å². The molecule has 1 saturated heterocycles. The molecule has 3 atom stereocenters. The maximum atomic E-state index is 5.49. The van der Waals surface area contributed by atoms with Crippen molar-refractivity contribution >= 4 is 11.3 Å². The summed E-state index contributed by atoms with van der Waals surface area (Å²) in [7, 11) is 0. The lowest BCUT2D eigenvalue weighted by Crippen LogP contribution is -2.45. The summed E-state index contributed by atoms with van der Waals surface area (Å²) in [5.74, 6) is 0. The van der Waals surface area contributed by atoms with E-state index in [9.17, 15) is 0 Å². The zero-order valence-electron chi connectivity index (χ0n) is 11.5. The molecule has 3 nitrogen and oxygen atoms in total. The minimum absolute atomic E-state index is 0.434. The van der Waals surface area contributed by atoms with E-state index in [1.165, 1.54) is 9.75 Å². The number of ether oxygens (including phenoxy) is 1. The van der Waals surface area contributed by atoms with Crippen molar-refractivity contribution in [2.24, 2.45) is 0 Å². The van der Waals surface area contributed by atoms with Crippen LogP contribution in [0.15, 0.2) is 12.1 Å². The van der Waals surface area contributed by atoms with E-state index in [1.54, 1.807) is 0 Å². The smallest absolute Gasteiger partial charge is 0.0620 e. The van der Waals surface area contributed by atoms with Crippen molar-refractivity contribution in [2.45, 2.75) is 45.3 Å². The highest BCUT2D eigenvalue weighted by Gasteiger charge is 2.18. The Morgan fingerprint density at radius 3 is 2.94 bits per heavy atom. The van der Waals surface area contributed by atoms with Gasteiger partial charge in [0.1, 0.15) is 0 Å². The van der Waals surface area contributed by atoms with Crippen LogP contribution < -0.4 is 10.6 Å². The number of aryl methyl sites for hydroxylation is 1. The lowest BCUT2D eigenvalue weighted by molar-refractivity contribution is 0.0708. The minimum atomic E-state index is 0.434. The van der Waals surface area contributed by atoms with E-state index < -0.39 is 0 Å². The lowest BCUT2D eigenvalue weighted by Gasteiger charge is -2.28. The Kier molecular flexibility index (Phi) is 5.18. The molecule has 3 unspecified atom stereocenters. The van der Waals surface area contributed by atoms with Gasteiger partial charge in [0.25, 0.3) is 0 Å². The van der Waals surface area contributed by atoms with E-state index in [0.717, 1.165) is 26.2 Å². The summed E-state index contributed by atoms with van der Waals surface area (Å²) in [6, 6.07) is 5.86. The Morgan fingerprint density at radius 2 is 2.33 bits per heavy atom. The molecule has 0 aliphatic carbocycles. The predicted molar refractivity (Wildman–Crippen MR) is 77.3 cm³/mol. The topological polar surface area (TPSA) is 33.3 Å². The standard InChI is InChI=1S/C14H24N2OS/c1-10(8-13-9-17-7-6-15-13)16-12(3)14-5-4-11(2)18-14/h4-5,10,12-13,15-16H,6-9H2,1-3H3. The number of morpholine rings is 1. The molecule has 2 N–H and O–H groups in total. The molecule has 2 heterocycles. The number of rotatable bonds is 5. The van der Waals surface area contributed by atoms with Gasteiger partial charge in [0, 0.05) is 34.4 Å². The molecule has 0 radical (unpaired) electrons. The second kappa shape index (κ2) is 6.66. The van der Waals surface area contributed by atoms with Gasteiger partial charge in [-0.05, 0) is 39.3 Å². The van der Waals surface area contributed by atoms with Gasteiger partial charge in [-0.25, -0.2) is 0 Å². The Morgan fingerprint density at radius 1 is 1.50 bits per heavy atom. The van der Waals surface area contributed by atoms with E-state index in [1.807, 2.05) is 11.3 Å². The molecule has 102 valence electrons. The Hall–Kier alpha value is -0.420. The minimum Gasteiger partial charge on any atom is -0.379 e. The zero-order valence-corrected chi connectivity index (χ0v) is 12.3. The summed E-state index contributed by atoms with van der Waals surface area (Å²) >= 11 is 1.88. The normalized spacial score (nSPS) is 23.8. The summed E-state index contributed by atoms with van der Waals surface area (Å²) in [4.78, 5) is 2.81. The van der Waals surface area contributed by atoms with Crippen LogP contribution in [0.5, 0.6) is 0 Å². The number of nitrogens with one attached hydrogen (secondary N) is 2. The van der Waals surface area contributed by atoms with Crippen molar-refractivity contribution < 1.29 is 4.74 Å². The second-order valence-electron chi connectivity index (χ2n) is 5.20.